The fourth-order valence-electron chi connectivity index (χ4n) is 2.03. The van der Waals surface area contributed by atoms with Gasteiger partial charge in [0.15, 0.2) is 0 Å². The summed E-state index contributed by atoms with van der Waals surface area (Å²) in [5.41, 5.74) is 2.90. The van der Waals surface area contributed by atoms with Crippen LogP contribution in [0, 0.1) is 0 Å². The molecule has 0 saturated carbocycles. The molecular weight excluding hydrogens is 292 g/mol. The maximum atomic E-state index is 12.5. The molecule has 0 saturated heterocycles. The quantitative estimate of drug-likeness (QED) is 0.745. The molecule has 0 radical (unpaired) electrons. The average molecular weight is 309 g/mol. The summed E-state index contributed by atoms with van der Waals surface area (Å²) in [6, 6.07) is 15.0. The number of nitrogens with one attached hydrogen (secondary N) is 1. The highest BCUT2D eigenvalue weighted by molar-refractivity contribution is 7.99. The largest absolute Gasteiger partial charge is 0.380 e. The lowest BCUT2D eigenvalue weighted by molar-refractivity contribution is 0.184. The molecule has 21 heavy (non-hydrogen) atoms. The lowest BCUT2D eigenvalue weighted by atomic mass is 10.1. The van der Waals surface area contributed by atoms with Gasteiger partial charge < -0.3 is 10.1 Å². The van der Waals surface area contributed by atoms with Crippen LogP contribution in [0.25, 0.3) is 0 Å². The lowest BCUT2D eigenvalue weighted by Crippen LogP contribution is -2.04. The Morgan fingerprint density at radius 3 is 2.43 bits per heavy atom. The molecule has 1 N–H and O–H groups in total. The van der Waals surface area contributed by atoms with E-state index in [0.29, 0.717) is 29.8 Å². The molecule has 0 bridgehead atoms. The maximum absolute atomic E-state index is 12.5. The van der Waals surface area contributed by atoms with Gasteiger partial charge in [-0.3, -0.25) is 0 Å². The van der Waals surface area contributed by atoms with Crippen molar-refractivity contribution in [3.05, 3.63) is 59.7 Å². The van der Waals surface area contributed by atoms with Crippen LogP contribution >= 0.6 is 11.8 Å². The first kappa shape index (κ1) is 15.8. The van der Waals surface area contributed by atoms with Gasteiger partial charge in [-0.2, -0.15) is 8.78 Å². The van der Waals surface area contributed by atoms with Crippen LogP contribution in [0.1, 0.15) is 11.1 Å². The van der Waals surface area contributed by atoms with E-state index < -0.39 is 5.76 Å². The molecule has 2 aromatic rings. The van der Waals surface area contributed by atoms with Crippen LogP contribution in [0.2, 0.25) is 0 Å². The number of hydrogen-bond donors (Lipinski definition) is 1. The van der Waals surface area contributed by atoms with Gasteiger partial charge in [0.25, 0.3) is 5.76 Å². The summed E-state index contributed by atoms with van der Waals surface area (Å²) in [7, 11) is 1.65. The van der Waals surface area contributed by atoms with Crippen molar-refractivity contribution < 1.29 is 13.5 Å². The van der Waals surface area contributed by atoms with E-state index >= 15 is 0 Å². The highest BCUT2D eigenvalue weighted by Crippen LogP contribution is 2.31. The predicted molar refractivity (Wildman–Crippen MR) is 82.8 cm³/mol. The molecule has 0 aliphatic rings. The number of thioether (sulfide) groups is 1. The molecule has 0 aromatic heterocycles. The predicted octanol–water partition coefficient (Wildman–Crippen LogP) is 4.76. The first-order valence-electron chi connectivity index (χ1n) is 6.54. The molecule has 2 rings (SSSR count). The summed E-state index contributed by atoms with van der Waals surface area (Å²) in [6.45, 7) is 1.10. The van der Waals surface area contributed by atoms with E-state index in [2.05, 4.69) is 5.32 Å². The summed E-state index contributed by atoms with van der Waals surface area (Å²) in [5, 5.41) is 3.22. The van der Waals surface area contributed by atoms with Crippen molar-refractivity contribution in [3.63, 3.8) is 0 Å². The zero-order chi connectivity index (χ0) is 15.1. The number of methoxy groups -OCH3 is 1. The summed E-state index contributed by atoms with van der Waals surface area (Å²) in [6.07, 6.45) is 0. The number of hydrogen-bond acceptors (Lipinski definition) is 3. The van der Waals surface area contributed by atoms with Crippen LogP contribution in [0.4, 0.5) is 14.5 Å². The summed E-state index contributed by atoms with van der Waals surface area (Å²) < 4.78 is 30.3. The molecular formula is C16H17F2NOS. The van der Waals surface area contributed by atoms with E-state index in [1.165, 1.54) is 0 Å². The minimum absolute atomic E-state index is 0.533. The molecule has 112 valence electrons. The number of halogens is 2. The van der Waals surface area contributed by atoms with E-state index in [1.807, 2.05) is 36.4 Å². The Bertz CT molecular complexity index is 578. The van der Waals surface area contributed by atoms with Crippen LogP contribution in [0.15, 0.2) is 53.4 Å². The Morgan fingerprint density at radius 2 is 1.71 bits per heavy atom. The third kappa shape index (κ3) is 4.72. The summed E-state index contributed by atoms with van der Waals surface area (Å²) in [5.74, 6) is -2.42. The molecule has 2 nitrogen and oxygen atoms in total. The zero-order valence-electron chi connectivity index (χ0n) is 11.7. The number of anilines is 1. The molecule has 2 aromatic carbocycles. The number of alkyl halides is 2. The van der Waals surface area contributed by atoms with Crippen LogP contribution in [-0.2, 0) is 17.9 Å². The van der Waals surface area contributed by atoms with Gasteiger partial charge in [-0.25, -0.2) is 0 Å². The van der Waals surface area contributed by atoms with Gasteiger partial charge in [0.05, 0.1) is 6.61 Å². The van der Waals surface area contributed by atoms with Crippen molar-refractivity contribution in [2.24, 2.45) is 0 Å². The summed E-state index contributed by atoms with van der Waals surface area (Å²) in [4.78, 5) is 0.553. The Morgan fingerprint density at radius 1 is 1.05 bits per heavy atom. The van der Waals surface area contributed by atoms with Gasteiger partial charge in [0.1, 0.15) is 0 Å². The van der Waals surface area contributed by atoms with Gasteiger partial charge in [0.2, 0.25) is 0 Å². The molecule has 0 atom stereocenters. The number of ether oxygens (including phenoxy) is 1. The maximum Gasteiger partial charge on any atom is 0.288 e. The first-order chi connectivity index (χ1) is 10.2. The number of para-hydroxylation sites is 1. The van der Waals surface area contributed by atoms with Crippen molar-refractivity contribution in [2.45, 2.75) is 23.8 Å². The highest BCUT2D eigenvalue weighted by Gasteiger charge is 2.09. The third-order valence-electron chi connectivity index (χ3n) is 2.99. The Kier molecular flexibility index (Phi) is 6.02. The van der Waals surface area contributed by atoms with Crippen molar-refractivity contribution in [1.82, 2.24) is 0 Å². The molecule has 0 unspecified atom stereocenters. The minimum Gasteiger partial charge on any atom is -0.380 e. The number of rotatable bonds is 7. The van der Waals surface area contributed by atoms with Crippen molar-refractivity contribution in [3.8, 4) is 0 Å². The van der Waals surface area contributed by atoms with Crippen LogP contribution in [0.3, 0.4) is 0 Å². The van der Waals surface area contributed by atoms with Crippen molar-refractivity contribution in [2.75, 3.05) is 12.4 Å². The van der Waals surface area contributed by atoms with E-state index in [-0.39, 0.29) is 0 Å². The van der Waals surface area contributed by atoms with E-state index in [0.717, 1.165) is 16.8 Å². The molecule has 0 fully saturated rings. The van der Waals surface area contributed by atoms with Gasteiger partial charge in [-0.1, -0.05) is 48.2 Å². The summed E-state index contributed by atoms with van der Waals surface area (Å²) >= 11 is 0.554. The molecule has 0 aliphatic carbocycles. The van der Waals surface area contributed by atoms with Gasteiger partial charge in [0, 0.05) is 24.2 Å². The Balaban J connectivity index is 2.10. The minimum atomic E-state index is -2.42. The van der Waals surface area contributed by atoms with Gasteiger partial charge in [-0.05, 0) is 23.3 Å². The van der Waals surface area contributed by atoms with E-state index in [1.54, 1.807) is 19.2 Å². The van der Waals surface area contributed by atoms with Gasteiger partial charge in [-0.15, -0.1) is 0 Å². The van der Waals surface area contributed by atoms with Crippen molar-refractivity contribution in [1.29, 1.82) is 0 Å². The Labute approximate surface area is 127 Å². The fourth-order valence-corrected chi connectivity index (χ4v) is 2.64. The third-order valence-corrected chi connectivity index (χ3v) is 3.78. The molecule has 0 heterocycles. The lowest BCUT2D eigenvalue weighted by Gasteiger charge is -2.13. The second kappa shape index (κ2) is 8.00. The second-order valence-electron chi connectivity index (χ2n) is 4.43. The molecule has 5 heteroatoms. The highest BCUT2D eigenvalue weighted by atomic mass is 32.2. The molecule has 0 aliphatic heterocycles. The Hall–Kier alpha value is -1.59. The van der Waals surface area contributed by atoms with Crippen LogP contribution < -0.4 is 5.32 Å². The van der Waals surface area contributed by atoms with E-state index in [9.17, 15) is 8.78 Å². The van der Waals surface area contributed by atoms with Crippen LogP contribution in [0.5, 0.6) is 0 Å². The second-order valence-corrected chi connectivity index (χ2v) is 5.46. The monoisotopic (exact) mass is 309 g/mol. The average Bonchev–Trinajstić information content (AvgIpc) is 2.47. The first-order valence-corrected chi connectivity index (χ1v) is 7.42. The normalized spacial score (nSPS) is 10.9. The van der Waals surface area contributed by atoms with Crippen molar-refractivity contribution >= 4 is 17.4 Å². The SMILES string of the molecule is COCc1ccccc1CNc1ccccc1SC(F)F. The van der Waals surface area contributed by atoms with Gasteiger partial charge >= 0.3 is 0 Å². The zero-order valence-corrected chi connectivity index (χ0v) is 12.5. The molecule has 0 spiro atoms. The smallest absolute Gasteiger partial charge is 0.288 e. The topological polar surface area (TPSA) is 21.3 Å². The molecule has 0 amide bonds. The van der Waals surface area contributed by atoms with Crippen LogP contribution in [-0.4, -0.2) is 12.9 Å². The van der Waals surface area contributed by atoms with E-state index in [4.69, 9.17) is 4.74 Å². The standard InChI is InChI=1S/C16H17F2NOS/c1-20-11-13-7-3-2-6-12(13)10-19-14-8-4-5-9-15(14)21-16(17)18/h2-9,16,19H,10-11H2,1H3. The number of benzene rings is 2. The fraction of sp³-hybridized carbons (Fsp3) is 0.250.